The number of nitrogens with zero attached hydrogens (tertiary/aromatic N) is 4. The number of nitrogens with one attached hydrogen (secondary N) is 1. The monoisotopic (exact) mass is 596 g/mol. The van der Waals surface area contributed by atoms with Gasteiger partial charge in [-0.2, -0.15) is 5.26 Å². The molecule has 1 amide bonds. The van der Waals surface area contributed by atoms with E-state index in [0.29, 0.717) is 56.5 Å². The summed E-state index contributed by atoms with van der Waals surface area (Å²) < 4.78 is 20.6. The van der Waals surface area contributed by atoms with Gasteiger partial charge in [-0.25, -0.2) is 4.39 Å². The van der Waals surface area contributed by atoms with Crippen LogP contribution in [0.5, 0.6) is 5.75 Å². The minimum Gasteiger partial charge on any atom is -0.495 e. The first-order valence-electron chi connectivity index (χ1n) is 12.1. The highest BCUT2D eigenvalue weighted by atomic mass is 35.5. The Hall–Kier alpha value is -3.92. The van der Waals surface area contributed by atoms with Crippen LogP contribution >= 0.6 is 34.7 Å². The molecule has 1 aromatic heterocycles. The van der Waals surface area contributed by atoms with E-state index in [0.717, 1.165) is 0 Å². The maximum Gasteiger partial charge on any atom is 0.234 e. The number of allylic oxidation sites excluding steroid dienone is 3. The molecule has 204 valence electrons. The van der Waals surface area contributed by atoms with Gasteiger partial charge in [-0.05, 0) is 37.1 Å². The Morgan fingerprint density at radius 2 is 2.12 bits per heavy atom. The van der Waals surface area contributed by atoms with Crippen LogP contribution in [0.2, 0.25) is 5.02 Å². The molecular weight excluding hydrogens is 575 g/mol. The van der Waals surface area contributed by atoms with E-state index in [-0.39, 0.29) is 34.4 Å². The molecule has 5 rings (SSSR count). The van der Waals surface area contributed by atoms with Crippen LogP contribution in [0.3, 0.4) is 0 Å². The van der Waals surface area contributed by atoms with Crippen LogP contribution in [0.4, 0.5) is 15.2 Å². The highest BCUT2D eigenvalue weighted by molar-refractivity contribution is 8.01. The lowest BCUT2D eigenvalue weighted by Gasteiger charge is -2.38. The first kappa shape index (κ1) is 27.6. The summed E-state index contributed by atoms with van der Waals surface area (Å²) in [6.45, 7) is 0. The molecule has 13 heteroatoms. The SMILES string of the molecule is COc1ccc(Cl)cc1NC(=O)CSc1nnc(N2C(N)=C(C#N)C(c3ccccc3F)C3=C2CCCC3=O)s1. The number of anilines is 2. The maximum atomic E-state index is 14.9. The third kappa shape index (κ3) is 5.28. The molecule has 0 spiro atoms. The predicted octanol–water partition coefficient (Wildman–Crippen LogP) is 5.37. The second kappa shape index (κ2) is 11.7. The zero-order chi connectivity index (χ0) is 28.4. The van der Waals surface area contributed by atoms with Crippen molar-refractivity contribution in [2.75, 3.05) is 23.1 Å². The van der Waals surface area contributed by atoms with E-state index >= 15 is 0 Å². The molecule has 2 aromatic carbocycles. The number of nitrogens with two attached hydrogens (primary N) is 1. The van der Waals surface area contributed by atoms with E-state index in [2.05, 4.69) is 21.6 Å². The summed E-state index contributed by atoms with van der Waals surface area (Å²) in [5.74, 6) is -1.31. The second-order valence-electron chi connectivity index (χ2n) is 8.87. The van der Waals surface area contributed by atoms with Crippen molar-refractivity contribution >= 4 is 57.2 Å². The average molecular weight is 597 g/mol. The Morgan fingerprint density at radius 3 is 2.88 bits per heavy atom. The lowest BCUT2D eigenvalue weighted by atomic mass is 9.75. The summed E-state index contributed by atoms with van der Waals surface area (Å²) in [6, 6.07) is 13.1. The second-order valence-corrected chi connectivity index (χ2v) is 11.5. The quantitative estimate of drug-likeness (QED) is 0.345. The van der Waals surface area contributed by atoms with Gasteiger partial charge in [-0.15, -0.1) is 10.2 Å². The van der Waals surface area contributed by atoms with E-state index in [1.807, 2.05) is 0 Å². The average Bonchev–Trinajstić information content (AvgIpc) is 3.40. The van der Waals surface area contributed by atoms with Gasteiger partial charge < -0.3 is 15.8 Å². The van der Waals surface area contributed by atoms with Crippen molar-refractivity contribution < 1.29 is 18.7 Å². The van der Waals surface area contributed by atoms with Gasteiger partial charge in [0, 0.05) is 28.3 Å². The number of ether oxygens (including phenoxy) is 1. The summed E-state index contributed by atoms with van der Waals surface area (Å²) >= 11 is 8.37. The van der Waals surface area contributed by atoms with E-state index in [4.69, 9.17) is 22.1 Å². The molecule has 3 aromatic rings. The van der Waals surface area contributed by atoms with Crippen molar-refractivity contribution in [2.24, 2.45) is 5.73 Å². The lowest BCUT2D eigenvalue weighted by molar-refractivity contribution is -0.116. The highest BCUT2D eigenvalue weighted by Gasteiger charge is 2.42. The number of benzene rings is 2. The van der Waals surface area contributed by atoms with Crippen LogP contribution in [0.25, 0.3) is 0 Å². The molecule has 0 fully saturated rings. The number of aromatic nitrogens is 2. The van der Waals surface area contributed by atoms with Crippen molar-refractivity contribution in [2.45, 2.75) is 29.5 Å². The number of halogens is 2. The number of hydrogen-bond acceptors (Lipinski definition) is 10. The van der Waals surface area contributed by atoms with Gasteiger partial charge in [-0.3, -0.25) is 14.5 Å². The van der Waals surface area contributed by atoms with Gasteiger partial charge >= 0.3 is 0 Å². The molecule has 2 heterocycles. The molecule has 3 N–H and O–H groups in total. The zero-order valence-corrected chi connectivity index (χ0v) is 23.5. The summed E-state index contributed by atoms with van der Waals surface area (Å²) in [5.41, 5.74) is 8.18. The number of Topliss-reactive ketones (excluding diaryl/α,β-unsaturated/α-hetero) is 1. The van der Waals surface area contributed by atoms with Crippen molar-refractivity contribution in [1.29, 1.82) is 5.26 Å². The number of methoxy groups -OCH3 is 1. The molecule has 2 aliphatic rings. The summed E-state index contributed by atoms with van der Waals surface area (Å²) in [4.78, 5) is 27.4. The fraction of sp³-hybridized carbons (Fsp3) is 0.222. The first-order chi connectivity index (χ1) is 19.3. The Kier molecular flexibility index (Phi) is 8.07. The Labute approximate surface area is 242 Å². The van der Waals surface area contributed by atoms with Crippen molar-refractivity contribution in [1.82, 2.24) is 10.2 Å². The van der Waals surface area contributed by atoms with Gasteiger partial charge in [0.05, 0.1) is 36.1 Å². The van der Waals surface area contributed by atoms with Crippen LogP contribution < -0.4 is 20.7 Å². The van der Waals surface area contributed by atoms with Crippen LogP contribution in [0, 0.1) is 17.1 Å². The smallest absolute Gasteiger partial charge is 0.234 e. The molecule has 1 atom stereocenters. The largest absolute Gasteiger partial charge is 0.495 e. The number of carbonyl (C=O) groups excluding carboxylic acids is 2. The molecule has 1 aliphatic carbocycles. The molecule has 0 saturated carbocycles. The van der Waals surface area contributed by atoms with Gasteiger partial charge in [0.25, 0.3) is 0 Å². The predicted molar refractivity (Wildman–Crippen MR) is 152 cm³/mol. The number of rotatable bonds is 7. The third-order valence-corrected chi connectivity index (χ3v) is 8.76. The molecule has 1 aliphatic heterocycles. The standard InChI is InChI=1S/C27H22ClFN6O3S2/c1-38-21-10-9-14(28)11-18(21)32-22(37)13-39-27-34-33-26(40-27)35-19-7-4-8-20(36)24(19)23(16(12-30)25(35)31)15-5-2-3-6-17(15)29/h2-3,5-6,9-11,23H,4,7-8,13,31H2,1H3,(H,32,37). The van der Waals surface area contributed by atoms with E-state index in [1.165, 1.54) is 36.3 Å². The van der Waals surface area contributed by atoms with Gasteiger partial charge in [0.1, 0.15) is 17.4 Å². The lowest BCUT2D eigenvalue weighted by Crippen LogP contribution is -2.38. The highest BCUT2D eigenvalue weighted by Crippen LogP contribution is 2.47. The van der Waals surface area contributed by atoms with Crippen LogP contribution in [-0.2, 0) is 9.59 Å². The van der Waals surface area contributed by atoms with Crippen LogP contribution in [0.1, 0.15) is 30.7 Å². The number of amides is 1. The van der Waals surface area contributed by atoms with Crippen molar-refractivity contribution in [3.05, 3.63) is 81.5 Å². The normalized spacial score (nSPS) is 17.0. The molecule has 40 heavy (non-hydrogen) atoms. The zero-order valence-electron chi connectivity index (χ0n) is 21.1. The molecule has 0 saturated heterocycles. The first-order valence-corrected chi connectivity index (χ1v) is 14.3. The van der Waals surface area contributed by atoms with Gasteiger partial charge in [-0.1, -0.05) is 52.9 Å². The number of thioether (sulfide) groups is 1. The van der Waals surface area contributed by atoms with Crippen molar-refractivity contribution in [3.63, 3.8) is 0 Å². The number of nitriles is 1. The number of ketones is 1. The van der Waals surface area contributed by atoms with E-state index in [1.54, 1.807) is 41.3 Å². The Balaban J connectivity index is 1.41. The molecular formula is C27H22ClFN6O3S2. The van der Waals surface area contributed by atoms with E-state index < -0.39 is 11.7 Å². The van der Waals surface area contributed by atoms with Gasteiger partial charge in [0.15, 0.2) is 10.1 Å². The minimum absolute atomic E-state index is 0.0286. The summed E-state index contributed by atoms with van der Waals surface area (Å²) in [5, 5.41) is 22.1. The fourth-order valence-corrected chi connectivity index (χ4v) is 6.62. The molecule has 0 bridgehead atoms. The van der Waals surface area contributed by atoms with Crippen LogP contribution in [0.15, 0.2) is 69.5 Å². The maximum absolute atomic E-state index is 14.9. The molecule has 9 nitrogen and oxygen atoms in total. The summed E-state index contributed by atoms with van der Waals surface area (Å²) in [6.07, 6.45) is 1.37. The number of carbonyl (C=O) groups is 2. The molecule has 1 unspecified atom stereocenters. The Morgan fingerprint density at radius 1 is 1.32 bits per heavy atom. The number of hydrogen-bond donors (Lipinski definition) is 2. The fourth-order valence-electron chi connectivity index (χ4n) is 4.77. The van der Waals surface area contributed by atoms with Crippen LogP contribution in [-0.4, -0.2) is 34.8 Å². The van der Waals surface area contributed by atoms with Gasteiger partial charge in [0.2, 0.25) is 11.0 Å². The molecule has 0 radical (unpaired) electrons. The summed E-state index contributed by atoms with van der Waals surface area (Å²) in [7, 11) is 1.49. The van der Waals surface area contributed by atoms with E-state index in [9.17, 15) is 19.2 Å². The third-order valence-electron chi connectivity index (χ3n) is 6.48. The minimum atomic E-state index is -0.904. The van der Waals surface area contributed by atoms with Crippen molar-refractivity contribution in [3.8, 4) is 11.8 Å². The Bertz CT molecular complexity index is 1620. The topological polar surface area (TPSA) is 134 Å².